The number of thiophene rings is 1. The second-order valence-corrected chi connectivity index (χ2v) is 11.7. The number of anilines is 1. The summed E-state index contributed by atoms with van der Waals surface area (Å²) in [5, 5.41) is 13.4. The molecule has 2 fully saturated rings. The SMILES string of the molecule is O=C(N1CCCCC1)N1CCN(Cc2ccc(-c3cc4ncnc(N[C@H](CO)c5ccccc5)c4s3)cc2)CC1. The zero-order chi connectivity index (χ0) is 27.3. The van der Waals surface area contributed by atoms with Crippen LogP contribution in [0, 0.1) is 0 Å². The first kappa shape index (κ1) is 26.7. The molecule has 9 heteroatoms. The summed E-state index contributed by atoms with van der Waals surface area (Å²) in [5.74, 6) is 0.735. The van der Waals surface area contributed by atoms with Gasteiger partial charge in [-0.25, -0.2) is 14.8 Å². The van der Waals surface area contributed by atoms with Gasteiger partial charge in [-0.2, -0.15) is 0 Å². The summed E-state index contributed by atoms with van der Waals surface area (Å²) in [6.07, 6.45) is 5.08. The average Bonchev–Trinajstić information content (AvgIpc) is 3.46. The van der Waals surface area contributed by atoms with Crippen molar-refractivity contribution in [2.24, 2.45) is 0 Å². The lowest BCUT2D eigenvalue weighted by molar-refractivity contribution is 0.105. The standard InChI is InChI=1S/C31H36N6O2S/c38-21-27(24-7-3-1-4-8-24)34-30-29-26(32-22-33-30)19-28(40-29)25-11-9-23(10-12-25)20-35-15-17-37(18-16-35)31(39)36-13-5-2-6-14-36/h1,3-4,7-12,19,22,27,38H,2,5-6,13-18,20-21H2,(H,32,33,34)/t27-/m1/s1. The number of likely N-dealkylation sites (tertiary alicyclic amines) is 1. The molecule has 4 heterocycles. The molecule has 2 aliphatic heterocycles. The van der Waals surface area contributed by atoms with E-state index >= 15 is 0 Å². The second-order valence-electron chi connectivity index (χ2n) is 10.6. The van der Waals surface area contributed by atoms with Gasteiger partial charge >= 0.3 is 6.03 Å². The zero-order valence-corrected chi connectivity index (χ0v) is 23.5. The number of aliphatic hydroxyl groups is 1. The number of urea groups is 1. The van der Waals surface area contributed by atoms with Crippen molar-refractivity contribution in [3.8, 4) is 10.4 Å². The normalized spacial score (nSPS) is 17.2. The molecule has 0 radical (unpaired) electrons. The van der Waals surface area contributed by atoms with E-state index < -0.39 is 0 Å². The molecule has 2 amide bonds. The minimum Gasteiger partial charge on any atom is -0.394 e. The van der Waals surface area contributed by atoms with Crippen LogP contribution in [-0.4, -0.2) is 81.7 Å². The van der Waals surface area contributed by atoms with Crippen LogP contribution in [0.4, 0.5) is 10.6 Å². The second kappa shape index (κ2) is 12.3. The molecule has 40 heavy (non-hydrogen) atoms. The summed E-state index contributed by atoms with van der Waals surface area (Å²) in [4.78, 5) is 29.4. The zero-order valence-electron chi connectivity index (χ0n) is 22.7. The van der Waals surface area contributed by atoms with Crippen LogP contribution in [0.3, 0.4) is 0 Å². The summed E-state index contributed by atoms with van der Waals surface area (Å²) in [6, 6.07) is 20.8. The fourth-order valence-electron chi connectivity index (χ4n) is 5.60. The molecule has 0 spiro atoms. The van der Waals surface area contributed by atoms with Gasteiger partial charge in [0.2, 0.25) is 0 Å². The highest BCUT2D eigenvalue weighted by Gasteiger charge is 2.26. The third-order valence-electron chi connectivity index (χ3n) is 7.92. The number of hydrogen-bond acceptors (Lipinski definition) is 7. The van der Waals surface area contributed by atoms with Crippen molar-refractivity contribution in [2.45, 2.75) is 31.8 Å². The number of benzene rings is 2. The molecule has 208 valence electrons. The lowest BCUT2D eigenvalue weighted by atomic mass is 10.1. The van der Waals surface area contributed by atoms with Crippen LogP contribution in [0.25, 0.3) is 20.7 Å². The van der Waals surface area contributed by atoms with Crippen molar-refractivity contribution < 1.29 is 9.90 Å². The van der Waals surface area contributed by atoms with Gasteiger partial charge in [-0.3, -0.25) is 4.90 Å². The molecule has 8 nitrogen and oxygen atoms in total. The highest BCUT2D eigenvalue weighted by Crippen LogP contribution is 2.36. The van der Waals surface area contributed by atoms with Crippen LogP contribution in [0.2, 0.25) is 0 Å². The molecule has 2 N–H and O–H groups in total. The predicted octanol–water partition coefficient (Wildman–Crippen LogP) is 5.23. The third-order valence-corrected chi connectivity index (χ3v) is 9.10. The van der Waals surface area contributed by atoms with E-state index in [9.17, 15) is 9.90 Å². The summed E-state index contributed by atoms with van der Waals surface area (Å²) in [7, 11) is 0. The van der Waals surface area contributed by atoms with Crippen molar-refractivity contribution in [3.63, 3.8) is 0 Å². The van der Waals surface area contributed by atoms with Crippen molar-refractivity contribution in [2.75, 3.05) is 51.2 Å². The van der Waals surface area contributed by atoms with Gasteiger partial charge in [-0.05, 0) is 42.0 Å². The Kier molecular flexibility index (Phi) is 8.22. The van der Waals surface area contributed by atoms with Gasteiger partial charge in [-0.15, -0.1) is 11.3 Å². The Morgan fingerprint density at radius 2 is 1.62 bits per heavy atom. The number of aliphatic hydroxyl groups excluding tert-OH is 1. The van der Waals surface area contributed by atoms with Crippen LogP contribution in [-0.2, 0) is 6.54 Å². The van der Waals surface area contributed by atoms with Gasteiger partial charge in [0.1, 0.15) is 12.1 Å². The number of fused-ring (bicyclic) bond motifs is 1. The smallest absolute Gasteiger partial charge is 0.320 e. The highest BCUT2D eigenvalue weighted by atomic mass is 32.1. The molecule has 2 aromatic carbocycles. The molecular weight excluding hydrogens is 520 g/mol. The molecule has 0 aliphatic carbocycles. The first-order chi connectivity index (χ1) is 19.7. The molecule has 1 atom stereocenters. The van der Waals surface area contributed by atoms with Crippen molar-refractivity contribution in [1.82, 2.24) is 24.7 Å². The van der Waals surface area contributed by atoms with Crippen LogP contribution in [0.1, 0.15) is 36.4 Å². The number of hydrogen-bond donors (Lipinski definition) is 2. The molecule has 2 aliphatic rings. The van der Waals surface area contributed by atoms with Gasteiger partial charge in [-0.1, -0.05) is 54.6 Å². The number of carbonyl (C=O) groups excluding carboxylic acids is 1. The Labute approximate surface area is 239 Å². The molecule has 0 unspecified atom stereocenters. The van der Waals surface area contributed by atoms with E-state index in [4.69, 9.17) is 0 Å². The van der Waals surface area contributed by atoms with Crippen LogP contribution in [0.5, 0.6) is 0 Å². The van der Waals surface area contributed by atoms with Crippen LogP contribution >= 0.6 is 11.3 Å². The molecule has 0 bridgehead atoms. The number of nitrogens with zero attached hydrogens (tertiary/aromatic N) is 5. The Morgan fingerprint density at radius 1 is 0.900 bits per heavy atom. The number of piperidine rings is 1. The first-order valence-electron chi connectivity index (χ1n) is 14.2. The van der Waals surface area contributed by atoms with E-state index in [1.807, 2.05) is 40.1 Å². The lowest BCUT2D eigenvalue weighted by Crippen LogP contribution is -2.53. The Balaban J connectivity index is 1.09. The summed E-state index contributed by atoms with van der Waals surface area (Å²) >= 11 is 1.66. The Hall–Kier alpha value is -3.53. The minimum absolute atomic E-state index is 0.0288. The van der Waals surface area contributed by atoms with E-state index in [-0.39, 0.29) is 18.7 Å². The number of aromatic nitrogens is 2. The number of carbonyl (C=O) groups is 1. The number of rotatable bonds is 7. The van der Waals surface area contributed by atoms with E-state index in [1.165, 1.54) is 12.0 Å². The summed E-state index contributed by atoms with van der Waals surface area (Å²) in [5.41, 5.74) is 4.33. The van der Waals surface area contributed by atoms with E-state index in [2.05, 4.69) is 50.5 Å². The van der Waals surface area contributed by atoms with Gasteiger partial charge in [0.15, 0.2) is 0 Å². The molecule has 6 rings (SSSR count). The van der Waals surface area contributed by atoms with Crippen LogP contribution in [0.15, 0.2) is 67.0 Å². The molecule has 2 saturated heterocycles. The maximum Gasteiger partial charge on any atom is 0.320 e. The lowest BCUT2D eigenvalue weighted by Gasteiger charge is -2.38. The monoisotopic (exact) mass is 556 g/mol. The topological polar surface area (TPSA) is 84.8 Å². The van der Waals surface area contributed by atoms with E-state index in [1.54, 1.807) is 17.7 Å². The highest BCUT2D eigenvalue weighted by molar-refractivity contribution is 7.22. The van der Waals surface area contributed by atoms with E-state index in [0.717, 1.165) is 90.7 Å². The number of amides is 2. The van der Waals surface area contributed by atoms with Crippen LogP contribution < -0.4 is 5.32 Å². The van der Waals surface area contributed by atoms with Gasteiger partial charge in [0, 0.05) is 50.7 Å². The third kappa shape index (κ3) is 5.96. The maximum absolute atomic E-state index is 12.8. The fraction of sp³-hybridized carbons (Fsp3) is 0.387. The number of nitrogens with one attached hydrogen (secondary N) is 1. The Morgan fingerprint density at radius 3 is 2.35 bits per heavy atom. The van der Waals surface area contributed by atoms with Gasteiger partial charge in [0.05, 0.1) is 22.9 Å². The molecule has 4 aromatic rings. The van der Waals surface area contributed by atoms with E-state index in [0.29, 0.717) is 0 Å². The minimum atomic E-state index is -0.242. The van der Waals surface area contributed by atoms with Gasteiger partial charge in [0.25, 0.3) is 0 Å². The number of piperazine rings is 1. The molecule has 0 saturated carbocycles. The summed E-state index contributed by atoms with van der Waals surface area (Å²) < 4.78 is 0.980. The average molecular weight is 557 g/mol. The predicted molar refractivity (Wildman–Crippen MR) is 160 cm³/mol. The maximum atomic E-state index is 12.8. The molecular formula is C31H36N6O2S. The summed E-state index contributed by atoms with van der Waals surface area (Å²) in [6.45, 7) is 6.09. The quantitative estimate of drug-likeness (QED) is 0.324. The largest absolute Gasteiger partial charge is 0.394 e. The fourth-order valence-corrected chi connectivity index (χ4v) is 6.67. The van der Waals surface area contributed by atoms with Crippen molar-refractivity contribution >= 4 is 33.4 Å². The Bertz CT molecular complexity index is 1410. The first-order valence-corrected chi connectivity index (χ1v) is 15.0. The molecule has 2 aromatic heterocycles. The van der Waals surface area contributed by atoms with Gasteiger partial charge < -0.3 is 20.2 Å². The van der Waals surface area contributed by atoms with Crippen molar-refractivity contribution in [3.05, 3.63) is 78.1 Å². The van der Waals surface area contributed by atoms with Crippen molar-refractivity contribution in [1.29, 1.82) is 0 Å².